The topological polar surface area (TPSA) is 49.4 Å². The van der Waals surface area contributed by atoms with E-state index in [1.807, 2.05) is 11.0 Å². The van der Waals surface area contributed by atoms with Gasteiger partial charge in [0.15, 0.2) is 5.78 Å². The van der Waals surface area contributed by atoms with Gasteiger partial charge in [0, 0.05) is 43.6 Å². The second kappa shape index (κ2) is 8.53. The van der Waals surface area contributed by atoms with Gasteiger partial charge in [0.1, 0.15) is 0 Å². The van der Waals surface area contributed by atoms with E-state index in [0.717, 1.165) is 37.9 Å². The van der Waals surface area contributed by atoms with E-state index in [2.05, 4.69) is 17.4 Å². The summed E-state index contributed by atoms with van der Waals surface area (Å²) in [6.07, 6.45) is 8.80. The molecule has 2 unspecified atom stereocenters. The molecule has 142 valence electrons. The van der Waals surface area contributed by atoms with Crippen LogP contribution in [0.2, 0.25) is 0 Å². The fraction of sp³-hybridized carbons (Fsp3) is 0.619. The van der Waals surface area contributed by atoms with Crippen LogP contribution in [-0.4, -0.2) is 41.8 Å². The van der Waals surface area contributed by atoms with Gasteiger partial charge in [-0.2, -0.15) is 0 Å². The first kappa shape index (κ1) is 19.4. The van der Waals surface area contributed by atoms with Crippen molar-refractivity contribution in [2.24, 2.45) is 0 Å². The van der Waals surface area contributed by atoms with Crippen LogP contribution in [0.25, 0.3) is 0 Å². The molecular formula is C21H29ClN2O2. The summed E-state index contributed by atoms with van der Waals surface area (Å²) in [6.45, 7) is 1.64. The molecule has 1 aliphatic carbocycles. The molecule has 2 heterocycles. The third-order valence-electron chi connectivity index (χ3n) is 6.11. The van der Waals surface area contributed by atoms with Gasteiger partial charge in [0.2, 0.25) is 5.91 Å². The number of amides is 1. The molecule has 2 saturated heterocycles. The van der Waals surface area contributed by atoms with Crippen molar-refractivity contribution in [3.63, 3.8) is 0 Å². The number of carbonyl (C=O) groups is 2. The Bertz CT molecular complexity index is 676. The second-order valence-electron chi connectivity index (χ2n) is 7.88. The molecule has 4 rings (SSSR count). The lowest BCUT2D eigenvalue weighted by molar-refractivity contribution is -0.131. The van der Waals surface area contributed by atoms with Crippen LogP contribution in [0.15, 0.2) is 18.2 Å². The Labute approximate surface area is 162 Å². The summed E-state index contributed by atoms with van der Waals surface area (Å²) >= 11 is 0. The van der Waals surface area contributed by atoms with E-state index in [4.69, 9.17) is 0 Å². The second-order valence-corrected chi connectivity index (χ2v) is 7.88. The van der Waals surface area contributed by atoms with E-state index in [9.17, 15) is 9.59 Å². The van der Waals surface area contributed by atoms with Gasteiger partial charge >= 0.3 is 0 Å². The van der Waals surface area contributed by atoms with Gasteiger partial charge in [0.05, 0.1) is 0 Å². The predicted octanol–water partition coefficient (Wildman–Crippen LogP) is 3.30. The van der Waals surface area contributed by atoms with Gasteiger partial charge in [-0.05, 0) is 62.1 Å². The molecule has 0 saturated carbocycles. The van der Waals surface area contributed by atoms with Gasteiger partial charge in [-0.1, -0.05) is 12.1 Å². The van der Waals surface area contributed by atoms with Crippen LogP contribution in [0.3, 0.4) is 0 Å². The summed E-state index contributed by atoms with van der Waals surface area (Å²) in [5.41, 5.74) is 3.51. The highest BCUT2D eigenvalue weighted by molar-refractivity contribution is 5.98. The Morgan fingerprint density at radius 1 is 1.00 bits per heavy atom. The first-order valence-electron chi connectivity index (χ1n) is 9.88. The van der Waals surface area contributed by atoms with Crippen molar-refractivity contribution in [2.75, 3.05) is 13.1 Å². The summed E-state index contributed by atoms with van der Waals surface area (Å²) < 4.78 is 0. The van der Waals surface area contributed by atoms with E-state index >= 15 is 0 Å². The van der Waals surface area contributed by atoms with Crippen LogP contribution in [-0.2, 0) is 17.6 Å². The standard InChI is InChI=1S/C21H28N2O2.ClH/c24-20(17-6-5-15-3-1-2-4-16(15)13-17)9-10-21(25)23-12-11-18-7-8-19(14-23)22-18;/h5-6,13,18-19,22H,1-4,7-12,14H2;1H. The molecule has 0 radical (unpaired) electrons. The van der Waals surface area contributed by atoms with E-state index in [0.29, 0.717) is 24.9 Å². The van der Waals surface area contributed by atoms with E-state index < -0.39 is 0 Å². The number of likely N-dealkylation sites (tertiary alicyclic amines) is 1. The molecule has 5 heteroatoms. The predicted molar refractivity (Wildman–Crippen MR) is 105 cm³/mol. The number of nitrogens with one attached hydrogen (secondary N) is 1. The summed E-state index contributed by atoms with van der Waals surface area (Å²) in [5, 5.41) is 3.60. The zero-order chi connectivity index (χ0) is 17.2. The van der Waals surface area contributed by atoms with Crippen LogP contribution in [0.1, 0.15) is 66.4 Å². The molecule has 3 aliphatic rings. The third-order valence-corrected chi connectivity index (χ3v) is 6.11. The molecule has 26 heavy (non-hydrogen) atoms. The fourth-order valence-electron chi connectivity index (χ4n) is 4.60. The monoisotopic (exact) mass is 376 g/mol. The number of aryl methyl sites for hydroxylation is 2. The molecule has 1 aromatic carbocycles. The normalized spacial score (nSPS) is 24.4. The summed E-state index contributed by atoms with van der Waals surface area (Å²) in [7, 11) is 0. The van der Waals surface area contributed by atoms with Crippen LogP contribution in [0.5, 0.6) is 0 Å². The van der Waals surface area contributed by atoms with Crippen molar-refractivity contribution < 1.29 is 9.59 Å². The number of rotatable bonds is 4. The number of hydrogen-bond acceptors (Lipinski definition) is 3. The Balaban J connectivity index is 0.00000196. The van der Waals surface area contributed by atoms with Gasteiger partial charge in [0.25, 0.3) is 0 Å². The largest absolute Gasteiger partial charge is 0.341 e. The lowest BCUT2D eigenvalue weighted by atomic mass is 9.89. The number of nitrogens with zero attached hydrogens (tertiary/aromatic N) is 1. The highest BCUT2D eigenvalue weighted by Crippen LogP contribution is 2.24. The summed E-state index contributed by atoms with van der Waals surface area (Å²) in [6, 6.07) is 7.16. The summed E-state index contributed by atoms with van der Waals surface area (Å²) in [5.74, 6) is 0.247. The van der Waals surface area contributed by atoms with E-state index in [-0.39, 0.29) is 24.1 Å². The molecule has 4 nitrogen and oxygen atoms in total. The first-order chi connectivity index (χ1) is 12.2. The lowest BCUT2D eigenvalue weighted by Crippen LogP contribution is -2.39. The number of ketones is 1. The Morgan fingerprint density at radius 2 is 1.77 bits per heavy atom. The van der Waals surface area contributed by atoms with Crippen LogP contribution in [0, 0.1) is 0 Å². The van der Waals surface area contributed by atoms with Gasteiger partial charge < -0.3 is 10.2 Å². The number of hydrogen-bond donors (Lipinski definition) is 1. The lowest BCUT2D eigenvalue weighted by Gasteiger charge is -2.24. The molecule has 2 aliphatic heterocycles. The molecule has 2 bridgehead atoms. The van der Waals surface area contributed by atoms with Crippen molar-refractivity contribution >= 4 is 24.1 Å². The average Bonchev–Trinajstić information content (AvgIpc) is 2.97. The number of fused-ring (bicyclic) bond motifs is 3. The molecule has 2 atom stereocenters. The molecule has 1 aromatic rings. The van der Waals surface area contributed by atoms with Crippen molar-refractivity contribution in [1.29, 1.82) is 0 Å². The third kappa shape index (κ3) is 4.29. The highest BCUT2D eigenvalue weighted by Gasteiger charge is 2.31. The Morgan fingerprint density at radius 3 is 2.62 bits per heavy atom. The van der Waals surface area contributed by atoms with Gasteiger partial charge in [-0.25, -0.2) is 0 Å². The molecule has 2 fully saturated rings. The number of benzene rings is 1. The van der Waals surface area contributed by atoms with Crippen molar-refractivity contribution in [3.05, 3.63) is 34.9 Å². The smallest absolute Gasteiger partial charge is 0.223 e. The SMILES string of the molecule is Cl.O=C(CCC(=O)N1CCC2CCC(C1)N2)c1ccc2c(c1)CCCC2. The molecule has 1 N–H and O–H groups in total. The maximum Gasteiger partial charge on any atom is 0.223 e. The maximum absolute atomic E-state index is 12.5. The minimum absolute atomic E-state index is 0. The quantitative estimate of drug-likeness (QED) is 0.820. The van der Waals surface area contributed by atoms with Crippen molar-refractivity contribution in [3.8, 4) is 0 Å². The molecule has 0 aromatic heterocycles. The average molecular weight is 377 g/mol. The zero-order valence-corrected chi connectivity index (χ0v) is 16.2. The van der Waals surface area contributed by atoms with Crippen molar-refractivity contribution in [2.45, 2.75) is 69.9 Å². The Hall–Kier alpha value is -1.39. The van der Waals surface area contributed by atoms with Gasteiger partial charge in [-0.15, -0.1) is 12.4 Å². The first-order valence-corrected chi connectivity index (χ1v) is 9.88. The molecule has 1 amide bonds. The summed E-state index contributed by atoms with van der Waals surface area (Å²) in [4.78, 5) is 27.0. The van der Waals surface area contributed by atoms with E-state index in [1.54, 1.807) is 0 Å². The fourth-order valence-corrected chi connectivity index (χ4v) is 4.60. The van der Waals surface area contributed by atoms with Gasteiger partial charge in [-0.3, -0.25) is 9.59 Å². The molecular weight excluding hydrogens is 348 g/mol. The minimum atomic E-state index is 0. The van der Waals surface area contributed by atoms with Crippen LogP contribution in [0.4, 0.5) is 0 Å². The maximum atomic E-state index is 12.5. The van der Waals surface area contributed by atoms with Crippen LogP contribution >= 0.6 is 12.4 Å². The number of halogens is 1. The Kier molecular flexibility index (Phi) is 6.36. The van der Waals surface area contributed by atoms with Crippen molar-refractivity contribution in [1.82, 2.24) is 10.2 Å². The zero-order valence-electron chi connectivity index (χ0n) is 15.3. The number of carbonyl (C=O) groups excluding carboxylic acids is 2. The minimum Gasteiger partial charge on any atom is -0.341 e. The van der Waals surface area contributed by atoms with E-state index in [1.165, 1.54) is 36.8 Å². The molecule has 0 spiro atoms. The number of Topliss-reactive ketones (excluding diaryl/α,β-unsaturated/α-hetero) is 1. The van der Waals surface area contributed by atoms with Crippen LogP contribution < -0.4 is 5.32 Å². The highest BCUT2D eigenvalue weighted by atomic mass is 35.5.